The number of ether oxygens (including phenoxy) is 1. The number of carbonyl (C=O) groups is 1. The number of nitrogens with zero attached hydrogens (tertiary/aromatic N) is 2. The van der Waals surface area contributed by atoms with E-state index in [0.717, 1.165) is 39.0 Å². The van der Waals surface area contributed by atoms with Crippen LogP contribution in [-0.2, 0) is 9.53 Å². The number of amides is 1. The van der Waals surface area contributed by atoms with Crippen LogP contribution in [0.4, 0.5) is 0 Å². The monoisotopic (exact) mass is 258 g/mol. The third-order valence-corrected chi connectivity index (χ3v) is 3.31. The topological polar surface area (TPSA) is 53.0 Å². The maximum atomic E-state index is 12.1. The van der Waals surface area contributed by atoms with Crippen LogP contribution in [0.5, 0.6) is 0 Å². The summed E-state index contributed by atoms with van der Waals surface area (Å²) in [5.74, 6) is 0.0924. The molecule has 0 saturated carbocycles. The minimum absolute atomic E-state index is 0.0924. The van der Waals surface area contributed by atoms with Crippen LogP contribution in [0.1, 0.15) is 26.7 Å². The zero-order valence-corrected chi connectivity index (χ0v) is 11.6. The maximum Gasteiger partial charge on any atom is 0.251 e. The zero-order chi connectivity index (χ0) is 13.4. The fraction of sp³-hybridized carbons (Fsp3) is 0.923. The molecule has 5 nitrogen and oxygen atoms in total. The van der Waals surface area contributed by atoms with Gasteiger partial charge in [0, 0.05) is 39.3 Å². The van der Waals surface area contributed by atoms with Crippen molar-refractivity contribution < 1.29 is 14.6 Å². The van der Waals surface area contributed by atoms with Crippen LogP contribution >= 0.6 is 0 Å². The highest BCUT2D eigenvalue weighted by Gasteiger charge is 2.24. The Hall–Kier alpha value is -0.650. The summed E-state index contributed by atoms with van der Waals surface area (Å²) in [4.78, 5) is 16.1. The predicted octanol–water partition coefficient (Wildman–Crippen LogP) is 0.328. The van der Waals surface area contributed by atoms with Crippen molar-refractivity contribution in [3.63, 3.8) is 0 Å². The molecule has 1 rings (SSSR count). The van der Waals surface area contributed by atoms with E-state index in [2.05, 4.69) is 11.8 Å². The molecule has 0 radical (unpaired) electrons. The average molecular weight is 258 g/mol. The van der Waals surface area contributed by atoms with Crippen LogP contribution in [-0.4, -0.2) is 72.9 Å². The molecule has 1 aliphatic rings. The lowest BCUT2D eigenvalue weighted by Crippen LogP contribution is -2.51. The summed E-state index contributed by atoms with van der Waals surface area (Å²) in [7, 11) is 0. The number of β-amino-alcohol motifs (C(OH)–C–C–N with tert-alkyl or cyclic N) is 1. The van der Waals surface area contributed by atoms with E-state index in [-0.39, 0.29) is 18.6 Å². The maximum absolute atomic E-state index is 12.1. The first-order valence-electron chi connectivity index (χ1n) is 6.92. The largest absolute Gasteiger partial charge is 0.395 e. The molecule has 0 aliphatic carbocycles. The standard InChI is InChI=1S/C13H26N2O3/c1-3-4-11-18-12(2)13(17)15-7-5-14(6-8-15)9-10-16/h12,16H,3-11H2,1-2H3. The first-order chi connectivity index (χ1) is 8.69. The predicted molar refractivity (Wildman–Crippen MR) is 70.4 cm³/mol. The summed E-state index contributed by atoms with van der Waals surface area (Å²) in [5, 5.41) is 8.86. The van der Waals surface area contributed by atoms with Gasteiger partial charge in [-0.1, -0.05) is 13.3 Å². The molecular weight excluding hydrogens is 232 g/mol. The van der Waals surface area contributed by atoms with E-state index >= 15 is 0 Å². The number of rotatable bonds is 7. The van der Waals surface area contributed by atoms with Crippen molar-refractivity contribution in [2.45, 2.75) is 32.8 Å². The Morgan fingerprint density at radius 2 is 2.00 bits per heavy atom. The van der Waals surface area contributed by atoms with Crippen molar-refractivity contribution in [2.75, 3.05) is 45.9 Å². The smallest absolute Gasteiger partial charge is 0.251 e. The molecule has 18 heavy (non-hydrogen) atoms. The molecule has 5 heteroatoms. The highest BCUT2D eigenvalue weighted by Crippen LogP contribution is 2.06. The lowest BCUT2D eigenvalue weighted by Gasteiger charge is -2.35. The quantitative estimate of drug-likeness (QED) is 0.669. The summed E-state index contributed by atoms with van der Waals surface area (Å²) in [5.41, 5.74) is 0. The van der Waals surface area contributed by atoms with Crippen LogP contribution in [0.3, 0.4) is 0 Å². The van der Waals surface area contributed by atoms with E-state index in [4.69, 9.17) is 9.84 Å². The van der Waals surface area contributed by atoms with E-state index in [1.807, 2.05) is 11.8 Å². The Kier molecular flexibility index (Phi) is 7.23. The molecule has 1 aliphatic heterocycles. The Bertz CT molecular complexity index is 240. The first kappa shape index (κ1) is 15.4. The second kappa shape index (κ2) is 8.45. The molecular formula is C13H26N2O3. The zero-order valence-electron chi connectivity index (χ0n) is 11.6. The summed E-state index contributed by atoms with van der Waals surface area (Å²) in [6.07, 6.45) is 1.75. The number of piperazine rings is 1. The van der Waals surface area contributed by atoms with Crippen LogP contribution in [0, 0.1) is 0 Å². The van der Waals surface area contributed by atoms with Crippen molar-refractivity contribution in [1.29, 1.82) is 0 Å². The van der Waals surface area contributed by atoms with Gasteiger partial charge in [-0.3, -0.25) is 9.69 Å². The molecule has 0 aromatic rings. The summed E-state index contributed by atoms with van der Waals surface area (Å²) < 4.78 is 5.53. The van der Waals surface area contributed by atoms with Crippen molar-refractivity contribution in [3.05, 3.63) is 0 Å². The van der Waals surface area contributed by atoms with Gasteiger partial charge in [0.05, 0.1) is 6.61 Å². The van der Waals surface area contributed by atoms with E-state index in [0.29, 0.717) is 13.2 Å². The number of hydrogen-bond acceptors (Lipinski definition) is 4. The van der Waals surface area contributed by atoms with Gasteiger partial charge in [-0.15, -0.1) is 0 Å². The third kappa shape index (κ3) is 4.92. The SMILES string of the molecule is CCCCOC(C)C(=O)N1CCN(CCO)CC1. The van der Waals surface area contributed by atoms with Gasteiger partial charge in [-0.2, -0.15) is 0 Å². The van der Waals surface area contributed by atoms with Crippen molar-refractivity contribution in [2.24, 2.45) is 0 Å². The van der Waals surface area contributed by atoms with E-state index < -0.39 is 0 Å². The lowest BCUT2D eigenvalue weighted by molar-refractivity contribution is -0.144. The number of aliphatic hydroxyl groups is 1. The molecule has 0 aromatic heterocycles. The van der Waals surface area contributed by atoms with E-state index in [1.165, 1.54) is 0 Å². The van der Waals surface area contributed by atoms with Gasteiger partial charge in [0.2, 0.25) is 0 Å². The molecule has 1 atom stereocenters. The average Bonchev–Trinajstić information content (AvgIpc) is 2.39. The normalized spacial score (nSPS) is 18.9. The van der Waals surface area contributed by atoms with Crippen LogP contribution < -0.4 is 0 Å². The summed E-state index contributed by atoms with van der Waals surface area (Å²) in [6.45, 7) is 8.64. The van der Waals surface area contributed by atoms with E-state index in [1.54, 1.807) is 0 Å². The minimum atomic E-state index is -0.332. The van der Waals surface area contributed by atoms with Crippen molar-refractivity contribution in [1.82, 2.24) is 9.80 Å². The number of unbranched alkanes of at least 4 members (excludes halogenated alkanes) is 1. The van der Waals surface area contributed by atoms with Gasteiger partial charge >= 0.3 is 0 Å². The van der Waals surface area contributed by atoms with Gasteiger partial charge in [0.15, 0.2) is 0 Å². The Morgan fingerprint density at radius 1 is 1.33 bits per heavy atom. The van der Waals surface area contributed by atoms with Gasteiger partial charge < -0.3 is 14.7 Å². The van der Waals surface area contributed by atoms with Gasteiger partial charge in [0.1, 0.15) is 6.10 Å². The highest BCUT2D eigenvalue weighted by atomic mass is 16.5. The Morgan fingerprint density at radius 3 is 2.56 bits per heavy atom. The summed E-state index contributed by atoms with van der Waals surface area (Å²) >= 11 is 0. The van der Waals surface area contributed by atoms with Gasteiger partial charge in [-0.25, -0.2) is 0 Å². The summed E-state index contributed by atoms with van der Waals surface area (Å²) in [6, 6.07) is 0. The third-order valence-electron chi connectivity index (χ3n) is 3.31. The van der Waals surface area contributed by atoms with Crippen molar-refractivity contribution in [3.8, 4) is 0 Å². The molecule has 1 fully saturated rings. The van der Waals surface area contributed by atoms with Gasteiger partial charge in [-0.05, 0) is 13.3 Å². The molecule has 1 heterocycles. The Labute approximate surface area is 110 Å². The second-order valence-corrected chi connectivity index (χ2v) is 4.76. The number of hydrogen-bond donors (Lipinski definition) is 1. The molecule has 1 saturated heterocycles. The fourth-order valence-electron chi connectivity index (χ4n) is 2.07. The number of carbonyl (C=O) groups excluding carboxylic acids is 1. The van der Waals surface area contributed by atoms with Crippen LogP contribution in [0.25, 0.3) is 0 Å². The molecule has 1 N–H and O–H groups in total. The first-order valence-corrected chi connectivity index (χ1v) is 6.92. The molecule has 1 unspecified atom stereocenters. The Balaban J connectivity index is 2.26. The molecule has 1 amide bonds. The second-order valence-electron chi connectivity index (χ2n) is 4.76. The lowest BCUT2D eigenvalue weighted by atomic mass is 10.2. The minimum Gasteiger partial charge on any atom is -0.395 e. The van der Waals surface area contributed by atoms with Crippen molar-refractivity contribution >= 4 is 5.91 Å². The molecule has 106 valence electrons. The fourth-order valence-corrected chi connectivity index (χ4v) is 2.07. The highest BCUT2D eigenvalue weighted by molar-refractivity contribution is 5.80. The van der Waals surface area contributed by atoms with E-state index in [9.17, 15) is 4.79 Å². The number of aliphatic hydroxyl groups excluding tert-OH is 1. The van der Waals surface area contributed by atoms with Gasteiger partial charge in [0.25, 0.3) is 5.91 Å². The van der Waals surface area contributed by atoms with Crippen LogP contribution in [0.2, 0.25) is 0 Å². The molecule has 0 aromatic carbocycles. The van der Waals surface area contributed by atoms with Crippen LogP contribution in [0.15, 0.2) is 0 Å². The molecule has 0 spiro atoms. The molecule has 0 bridgehead atoms.